The van der Waals surface area contributed by atoms with Crippen molar-refractivity contribution < 1.29 is 9.90 Å². The summed E-state index contributed by atoms with van der Waals surface area (Å²) in [5.41, 5.74) is 4.24. The fraction of sp³-hybridized carbons (Fsp3) is 0.393. The zero-order valence-corrected chi connectivity index (χ0v) is 21.4. The molecular weight excluding hydrogens is 446 g/mol. The highest BCUT2D eigenvalue weighted by atomic mass is 35.5. The first-order valence-electron chi connectivity index (χ1n) is 11.6. The first-order chi connectivity index (χ1) is 15.9. The van der Waals surface area contributed by atoms with E-state index in [9.17, 15) is 9.90 Å². The van der Waals surface area contributed by atoms with Gasteiger partial charge < -0.3 is 10.0 Å². The number of benzene rings is 1. The van der Waals surface area contributed by atoms with Gasteiger partial charge in [0.15, 0.2) is 0 Å². The summed E-state index contributed by atoms with van der Waals surface area (Å²) >= 11 is 6.65. The first kappa shape index (κ1) is 24.4. The fourth-order valence-electron chi connectivity index (χ4n) is 4.79. The van der Waals surface area contributed by atoms with E-state index < -0.39 is 5.60 Å². The topological polar surface area (TPSA) is 66.3 Å². The number of aromatic nitrogens is 2. The van der Waals surface area contributed by atoms with Crippen LogP contribution in [0.3, 0.4) is 0 Å². The summed E-state index contributed by atoms with van der Waals surface area (Å²) in [5, 5.41) is 11.0. The highest BCUT2D eigenvalue weighted by Gasteiger charge is 2.47. The number of pyridine rings is 2. The predicted octanol–water partition coefficient (Wildman–Crippen LogP) is 5.99. The molecule has 1 aliphatic rings. The number of carbonyl (C=O) groups is 1. The summed E-state index contributed by atoms with van der Waals surface area (Å²) in [5.74, 6) is 0.136. The molecule has 4 rings (SSSR count). The van der Waals surface area contributed by atoms with Crippen LogP contribution >= 0.6 is 11.6 Å². The second-order valence-corrected chi connectivity index (χ2v) is 11.3. The highest BCUT2D eigenvalue weighted by molar-refractivity contribution is 6.33. The van der Waals surface area contributed by atoms with Crippen LogP contribution < -0.4 is 0 Å². The number of hydrogen-bond acceptors (Lipinski definition) is 4. The van der Waals surface area contributed by atoms with Crippen molar-refractivity contribution in [2.24, 2.45) is 5.92 Å². The first-order valence-corrected chi connectivity index (χ1v) is 12.0. The molecule has 0 bridgehead atoms. The molecule has 2 aromatic heterocycles. The van der Waals surface area contributed by atoms with Crippen LogP contribution in [0.15, 0.2) is 55.0 Å². The molecule has 1 aliphatic heterocycles. The van der Waals surface area contributed by atoms with E-state index in [1.165, 1.54) is 0 Å². The molecule has 1 amide bonds. The molecule has 0 radical (unpaired) electrons. The van der Waals surface area contributed by atoms with E-state index in [1.54, 1.807) is 37.1 Å². The van der Waals surface area contributed by atoms with Crippen LogP contribution in [0.1, 0.15) is 57.6 Å². The lowest BCUT2D eigenvalue weighted by molar-refractivity contribution is -0.0867. The van der Waals surface area contributed by atoms with Gasteiger partial charge in [0.1, 0.15) is 0 Å². The summed E-state index contributed by atoms with van der Waals surface area (Å²) in [6.07, 6.45) is 5.44. The molecule has 1 fully saturated rings. The molecule has 1 aromatic carbocycles. The average molecular weight is 478 g/mol. The molecule has 0 spiro atoms. The number of carbonyl (C=O) groups excluding carboxylic acids is 1. The maximum absolute atomic E-state index is 13.1. The van der Waals surface area contributed by atoms with Gasteiger partial charge in [-0.3, -0.25) is 14.8 Å². The second-order valence-electron chi connectivity index (χ2n) is 10.9. The molecule has 2 atom stereocenters. The molecule has 1 saturated heterocycles. The molecule has 178 valence electrons. The molecule has 0 aliphatic carbocycles. The van der Waals surface area contributed by atoms with Crippen molar-refractivity contribution in [1.29, 1.82) is 0 Å². The minimum atomic E-state index is -0.955. The van der Waals surface area contributed by atoms with Crippen LogP contribution in [0.2, 0.25) is 5.02 Å². The Morgan fingerprint density at radius 2 is 1.74 bits per heavy atom. The minimum Gasteiger partial charge on any atom is -0.388 e. The maximum Gasteiger partial charge on any atom is 0.254 e. The quantitative estimate of drug-likeness (QED) is 0.501. The molecule has 3 heterocycles. The Bertz CT molecular complexity index is 1230. The Morgan fingerprint density at radius 1 is 1.03 bits per heavy atom. The molecule has 3 aromatic rings. The second kappa shape index (κ2) is 8.79. The zero-order chi connectivity index (χ0) is 24.8. The van der Waals surface area contributed by atoms with Gasteiger partial charge in [0, 0.05) is 63.5 Å². The van der Waals surface area contributed by atoms with Gasteiger partial charge in [0.2, 0.25) is 0 Å². The van der Waals surface area contributed by atoms with Crippen molar-refractivity contribution in [1.82, 2.24) is 14.9 Å². The maximum atomic E-state index is 13.1. The SMILES string of the molecule is CC1CN(C(=O)c2ccc(-c3cncc(-c4ccnc(C(C)(C)C)c4)c3)c(Cl)c2)C1C(C)(C)O. The van der Waals surface area contributed by atoms with Crippen molar-refractivity contribution >= 4 is 17.5 Å². The van der Waals surface area contributed by atoms with Gasteiger partial charge in [-0.2, -0.15) is 0 Å². The van der Waals surface area contributed by atoms with Crippen molar-refractivity contribution in [3.63, 3.8) is 0 Å². The van der Waals surface area contributed by atoms with Crippen molar-refractivity contribution in [2.45, 2.75) is 58.6 Å². The van der Waals surface area contributed by atoms with Gasteiger partial charge in [-0.15, -0.1) is 0 Å². The molecule has 5 nitrogen and oxygen atoms in total. The monoisotopic (exact) mass is 477 g/mol. The molecule has 0 saturated carbocycles. The lowest BCUT2D eigenvalue weighted by Gasteiger charge is -2.52. The van der Waals surface area contributed by atoms with Crippen LogP contribution in [0.5, 0.6) is 0 Å². The van der Waals surface area contributed by atoms with Gasteiger partial charge in [-0.05, 0) is 55.7 Å². The lowest BCUT2D eigenvalue weighted by Crippen LogP contribution is -2.65. The number of nitrogens with zero attached hydrogens (tertiary/aromatic N) is 3. The molecule has 6 heteroatoms. The number of likely N-dealkylation sites (tertiary alicyclic amines) is 1. The van der Waals surface area contributed by atoms with Gasteiger partial charge >= 0.3 is 0 Å². The predicted molar refractivity (Wildman–Crippen MR) is 137 cm³/mol. The van der Waals surface area contributed by atoms with Gasteiger partial charge in [0.25, 0.3) is 5.91 Å². The lowest BCUT2D eigenvalue weighted by atomic mass is 9.79. The third-order valence-corrected chi connectivity index (χ3v) is 6.78. The summed E-state index contributed by atoms with van der Waals surface area (Å²) in [7, 11) is 0. The van der Waals surface area contributed by atoms with E-state index in [2.05, 4.69) is 49.8 Å². The molecule has 2 unspecified atom stereocenters. The fourth-order valence-corrected chi connectivity index (χ4v) is 5.08. The van der Waals surface area contributed by atoms with Crippen molar-refractivity contribution in [3.05, 3.63) is 71.3 Å². The van der Waals surface area contributed by atoms with E-state index in [4.69, 9.17) is 11.6 Å². The Hall–Kier alpha value is -2.76. The Morgan fingerprint density at radius 3 is 2.35 bits per heavy atom. The van der Waals surface area contributed by atoms with Gasteiger partial charge in [0.05, 0.1) is 11.6 Å². The molecule has 1 N–H and O–H groups in total. The summed E-state index contributed by atoms with van der Waals surface area (Å²) < 4.78 is 0. The Balaban J connectivity index is 1.62. The molecular formula is C28H32ClN3O2. The summed E-state index contributed by atoms with van der Waals surface area (Å²) in [6, 6.07) is 11.3. The third kappa shape index (κ3) is 4.73. The number of aliphatic hydroxyl groups is 1. The number of rotatable bonds is 4. The normalized spacial score (nSPS) is 18.5. The summed E-state index contributed by atoms with van der Waals surface area (Å²) in [6.45, 7) is 12.6. The van der Waals surface area contributed by atoms with E-state index in [0.29, 0.717) is 17.1 Å². The van der Waals surface area contributed by atoms with Gasteiger partial charge in [-0.25, -0.2) is 0 Å². The molecule has 34 heavy (non-hydrogen) atoms. The van der Waals surface area contributed by atoms with Crippen LogP contribution in [-0.4, -0.2) is 44.1 Å². The Kier molecular flexibility index (Phi) is 6.30. The zero-order valence-electron chi connectivity index (χ0n) is 20.6. The van der Waals surface area contributed by atoms with Crippen molar-refractivity contribution in [3.8, 4) is 22.3 Å². The summed E-state index contributed by atoms with van der Waals surface area (Å²) in [4.78, 5) is 23.8. The smallest absolute Gasteiger partial charge is 0.254 e. The largest absolute Gasteiger partial charge is 0.388 e. The van der Waals surface area contributed by atoms with Crippen LogP contribution in [0.4, 0.5) is 0 Å². The highest BCUT2D eigenvalue weighted by Crippen LogP contribution is 2.36. The van der Waals surface area contributed by atoms with Gasteiger partial charge in [-0.1, -0.05) is 45.4 Å². The van der Waals surface area contributed by atoms with Crippen LogP contribution in [0.25, 0.3) is 22.3 Å². The van der Waals surface area contributed by atoms with E-state index in [0.717, 1.165) is 27.9 Å². The van der Waals surface area contributed by atoms with E-state index in [1.807, 2.05) is 24.5 Å². The average Bonchev–Trinajstić information content (AvgIpc) is 2.75. The van der Waals surface area contributed by atoms with Crippen molar-refractivity contribution in [2.75, 3.05) is 6.54 Å². The van der Waals surface area contributed by atoms with Crippen LogP contribution in [0, 0.1) is 5.92 Å². The Labute approximate surface area is 206 Å². The van der Waals surface area contributed by atoms with E-state index >= 15 is 0 Å². The number of amides is 1. The standard InChI is InChI=1S/C28H32ClN3O2/c1-17-16-32(25(17)28(5,6)34)26(33)19-7-8-22(23(29)12-19)21-11-20(14-30-15-21)18-9-10-31-24(13-18)27(2,3)4/h7-15,17,25,34H,16H2,1-6H3. The van der Waals surface area contributed by atoms with Crippen LogP contribution in [-0.2, 0) is 5.41 Å². The third-order valence-electron chi connectivity index (χ3n) is 6.47. The number of halogens is 1. The number of hydrogen-bond donors (Lipinski definition) is 1. The van der Waals surface area contributed by atoms with E-state index in [-0.39, 0.29) is 23.3 Å². The minimum absolute atomic E-state index is 0.0504.